The molecule has 3 aromatic rings. The maximum Gasteiger partial charge on any atom is 0.277 e. The standard InChI is InChI=1S/C15H17N5O/c16-8-4-7-12-18-14-13(15(21)19-12)20(10-17-14)9-11-5-2-1-3-6-11/h1-3,5-6,10H,4,7-9,16H2,(H,18,19,21). The summed E-state index contributed by atoms with van der Waals surface area (Å²) < 4.78 is 1.82. The van der Waals surface area contributed by atoms with Crippen LogP contribution in [0, 0.1) is 0 Å². The fourth-order valence-corrected chi connectivity index (χ4v) is 2.32. The van der Waals surface area contributed by atoms with Crippen molar-refractivity contribution in [1.29, 1.82) is 0 Å². The average Bonchev–Trinajstić information content (AvgIpc) is 2.90. The minimum absolute atomic E-state index is 0.152. The number of nitrogens with zero attached hydrogens (tertiary/aromatic N) is 3. The molecule has 0 saturated carbocycles. The Balaban J connectivity index is 1.97. The molecule has 2 aromatic heterocycles. The number of aromatic nitrogens is 4. The highest BCUT2D eigenvalue weighted by atomic mass is 16.1. The number of benzene rings is 1. The van der Waals surface area contributed by atoms with Crippen LogP contribution in [0.25, 0.3) is 11.2 Å². The van der Waals surface area contributed by atoms with E-state index >= 15 is 0 Å². The van der Waals surface area contributed by atoms with Crippen LogP contribution in [0.2, 0.25) is 0 Å². The second-order valence-electron chi connectivity index (χ2n) is 4.94. The molecule has 0 atom stereocenters. The van der Waals surface area contributed by atoms with Crippen LogP contribution in [-0.2, 0) is 13.0 Å². The van der Waals surface area contributed by atoms with Crippen LogP contribution in [-0.4, -0.2) is 26.1 Å². The number of H-pyrrole nitrogens is 1. The van der Waals surface area contributed by atoms with Gasteiger partial charge in [0.1, 0.15) is 5.82 Å². The normalized spacial score (nSPS) is 11.1. The SMILES string of the molecule is NCCCc1nc2ncn(Cc3ccccc3)c2c(=O)[nH]1. The number of aromatic amines is 1. The van der Waals surface area contributed by atoms with Crippen LogP contribution in [0.15, 0.2) is 41.5 Å². The quantitative estimate of drug-likeness (QED) is 0.732. The Bertz CT molecular complexity index is 791. The van der Waals surface area contributed by atoms with Crippen molar-refractivity contribution in [2.45, 2.75) is 19.4 Å². The van der Waals surface area contributed by atoms with Gasteiger partial charge >= 0.3 is 0 Å². The molecule has 0 aliphatic heterocycles. The largest absolute Gasteiger partial charge is 0.330 e. The van der Waals surface area contributed by atoms with E-state index in [1.54, 1.807) is 6.33 Å². The minimum atomic E-state index is -0.152. The van der Waals surface area contributed by atoms with Crippen LogP contribution in [0.5, 0.6) is 0 Å². The number of hydrogen-bond donors (Lipinski definition) is 2. The number of imidazole rings is 1. The molecule has 6 nitrogen and oxygen atoms in total. The zero-order valence-corrected chi connectivity index (χ0v) is 11.6. The Morgan fingerprint density at radius 2 is 2.05 bits per heavy atom. The topological polar surface area (TPSA) is 89.6 Å². The van der Waals surface area contributed by atoms with Crippen LogP contribution < -0.4 is 11.3 Å². The Labute approximate surface area is 121 Å². The molecule has 3 rings (SSSR count). The lowest BCUT2D eigenvalue weighted by Gasteiger charge is -2.04. The van der Waals surface area contributed by atoms with E-state index in [1.807, 2.05) is 34.9 Å². The summed E-state index contributed by atoms with van der Waals surface area (Å²) in [7, 11) is 0. The van der Waals surface area contributed by atoms with Crippen molar-refractivity contribution in [2.75, 3.05) is 6.54 Å². The number of nitrogens with one attached hydrogen (secondary N) is 1. The molecule has 6 heteroatoms. The number of nitrogens with two attached hydrogens (primary N) is 1. The average molecular weight is 283 g/mol. The zero-order valence-electron chi connectivity index (χ0n) is 11.6. The molecule has 0 saturated heterocycles. The summed E-state index contributed by atoms with van der Waals surface area (Å²) in [6.45, 7) is 1.18. The van der Waals surface area contributed by atoms with Gasteiger partial charge in [0.25, 0.3) is 5.56 Å². The summed E-state index contributed by atoms with van der Waals surface area (Å²) in [6.07, 6.45) is 3.11. The third-order valence-electron chi connectivity index (χ3n) is 3.35. The molecule has 108 valence electrons. The predicted molar refractivity (Wildman–Crippen MR) is 81.1 cm³/mol. The van der Waals surface area contributed by atoms with Crippen molar-refractivity contribution in [1.82, 2.24) is 19.5 Å². The summed E-state index contributed by atoms with van der Waals surface area (Å²) in [4.78, 5) is 23.7. The highest BCUT2D eigenvalue weighted by Gasteiger charge is 2.10. The molecule has 0 fully saturated rings. The Morgan fingerprint density at radius 1 is 1.24 bits per heavy atom. The molecule has 0 bridgehead atoms. The van der Waals surface area contributed by atoms with Gasteiger partial charge in [0.15, 0.2) is 11.2 Å². The summed E-state index contributed by atoms with van der Waals surface area (Å²) in [5.41, 5.74) is 7.44. The Morgan fingerprint density at radius 3 is 2.81 bits per heavy atom. The monoisotopic (exact) mass is 283 g/mol. The first-order valence-electron chi connectivity index (χ1n) is 6.96. The molecule has 1 aromatic carbocycles. The number of hydrogen-bond acceptors (Lipinski definition) is 4. The molecule has 2 heterocycles. The van der Waals surface area contributed by atoms with E-state index in [2.05, 4.69) is 15.0 Å². The van der Waals surface area contributed by atoms with Gasteiger partial charge in [0.05, 0.1) is 6.33 Å². The van der Waals surface area contributed by atoms with Crippen molar-refractivity contribution in [3.05, 3.63) is 58.4 Å². The van der Waals surface area contributed by atoms with Crippen molar-refractivity contribution in [3.63, 3.8) is 0 Å². The van der Waals surface area contributed by atoms with Crippen LogP contribution in [0.1, 0.15) is 17.8 Å². The number of rotatable bonds is 5. The van der Waals surface area contributed by atoms with Gasteiger partial charge in [-0.1, -0.05) is 30.3 Å². The maximum absolute atomic E-state index is 12.2. The molecule has 0 amide bonds. The smallest absolute Gasteiger partial charge is 0.277 e. The summed E-state index contributed by atoms with van der Waals surface area (Å²) in [6, 6.07) is 9.95. The van der Waals surface area contributed by atoms with Gasteiger partial charge in [-0.05, 0) is 18.5 Å². The van der Waals surface area contributed by atoms with Gasteiger partial charge in [-0.2, -0.15) is 0 Å². The lowest BCUT2D eigenvalue weighted by Crippen LogP contribution is -2.16. The number of fused-ring (bicyclic) bond motifs is 1. The third kappa shape index (κ3) is 2.85. The molecule has 0 aliphatic rings. The minimum Gasteiger partial charge on any atom is -0.330 e. The second kappa shape index (κ2) is 5.88. The van der Waals surface area contributed by atoms with E-state index in [4.69, 9.17) is 5.73 Å². The van der Waals surface area contributed by atoms with Crippen LogP contribution in [0.4, 0.5) is 0 Å². The Hall–Kier alpha value is -2.47. The molecule has 21 heavy (non-hydrogen) atoms. The van der Waals surface area contributed by atoms with E-state index < -0.39 is 0 Å². The molecular weight excluding hydrogens is 266 g/mol. The first kappa shape index (κ1) is 13.5. The summed E-state index contributed by atoms with van der Waals surface area (Å²) >= 11 is 0. The summed E-state index contributed by atoms with van der Waals surface area (Å²) in [5.74, 6) is 0.642. The first-order chi connectivity index (χ1) is 10.3. The van der Waals surface area contributed by atoms with Gasteiger partial charge in [-0.15, -0.1) is 0 Å². The maximum atomic E-state index is 12.2. The van der Waals surface area contributed by atoms with Gasteiger partial charge in [0, 0.05) is 13.0 Å². The van der Waals surface area contributed by atoms with E-state index in [1.165, 1.54) is 0 Å². The first-order valence-corrected chi connectivity index (χ1v) is 6.96. The molecule has 3 N–H and O–H groups in total. The van der Waals surface area contributed by atoms with Gasteiger partial charge in [-0.3, -0.25) is 4.79 Å². The van der Waals surface area contributed by atoms with Crippen molar-refractivity contribution < 1.29 is 0 Å². The summed E-state index contributed by atoms with van der Waals surface area (Å²) in [5, 5.41) is 0. The van der Waals surface area contributed by atoms with E-state index in [0.717, 1.165) is 12.0 Å². The van der Waals surface area contributed by atoms with Gasteiger partial charge in [0.2, 0.25) is 0 Å². The van der Waals surface area contributed by atoms with Gasteiger partial charge < -0.3 is 15.3 Å². The van der Waals surface area contributed by atoms with Crippen LogP contribution >= 0.6 is 0 Å². The van der Waals surface area contributed by atoms with E-state index in [9.17, 15) is 4.79 Å². The van der Waals surface area contributed by atoms with Crippen molar-refractivity contribution in [3.8, 4) is 0 Å². The molecule has 0 aliphatic carbocycles. The second-order valence-corrected chi connectivity index (χ2v) is 4.94. The van der Waals surface area contributed by atoms with Crippen molar-refractivity contribution in [2.24, 2.45) is 5.73 Å². The molecular formula is C15H17N5O. The highest BCUT2D eigenvalue weighted by molar-refractivity contribution is 5.69. The Kier molecular flexibility index (Phi) is 3.79. The van der Waals surface area contributed by atoms with Crippen LogP contribution in [0.3, 0.4) is 0 Å². The fraction of sp³-hybridized carbons (Fsp3) is 0.267. The van der Waals surface area contributed by atoms with Crippen molar-refractivity contribution >= 4 is 11.2 Å². The molecule has 0 radical (unpaired) electrons. The predicted octanol–water partition coefficient (Wildman–Crippen LogP) is 1.06. The van der Waals surface area contributed by atoms with E-state index in [-0.39, 0.29) is 5.56 Å². The molecule has 0 spiro atoms. The van der Waals surface area contributed by atoms with E-state index in [0.29, 0.717) is 36.5 Å². The lowest BCUT2D eigenvalue weighted by molar-refractivity contribution is 0.777. The third-order valence-corrected chi connectivity index (χ3v) is 3.35. The zero-order chi connectivity index (χ0) is 14.7. The number of aryl methyl sites for hydroxylation is 1. The highest BCUT2D eigenvalue weighted by Crippen LogP contribution is 2.09. The molecule has 0 unspecified atom stereocenters. The van der Waals surface area contributed by atoms with Gasteiger partial charge in [-0.25, -0.2) is 9.97 Å². The fourth-order valence-electron chi connectivity index (χ4n) is 2.32. The lowest BCUT2D eigenvalue weighted by atomic mass is 10.2.